The van der Waals surface area contributed by atoms with Crippen molar-refractivity contribution in [2.24, 2.45) is 0 Å². The standard InChI is InChI=1S/C27H29ClN2O3/c1-3-29-27(32)25(17-21-9-5-4-6-10-21)30(18-22-11-7-8-20(2)16-22)26(31)19-33-24-14-12-23(28)13-15-24/h4-16,25H,3,17-19H2,1-2H3,(H,29,32)/t25-/m0/s1. The number of amides is 2. The summed E-state index contributed by atoms with van der Waals surface area (Å²) in [5.74, 6) is 0.0911. The number of ether oxygens (including phenoxy) is 1. The largest absolute Gasteiger partial charge is 0.484 e. The lowest BCUT2D eigenvalue weighted by Gasteiger charge is -2.31. The van der Waals surface area contributed by atoms with Gasteiger partial charge in [0.05, 0.1) is 0 Å². The molecular formula is C27H29ClN2O3. The molecule has 0 saturated heterocycles. The monoisotopic (exact) mass is 464 g/mol. The molecule has 0 bridgehead atoms. The van der Waals surface area contributed by atoms with Gasteiger partial charge in [0, 0.05) is 24.5 Å². The van der Waals surface area contributed by atoms with E-state index in [2.05, 4.69) is 5.32 Å². The van der Waals surface area contributed by atoms with E-state index in [4.69, 9.17) is 16.3 Å². The van der Waals surface area contributed by atoms with Crippen molar-refractivity contribution in [1.29, 1.82) is 0 Å². The second-order valence-corrected chi connectivity index (χ2v) is 8.29. The van der Waals surface area contributed by atoms with Gasteiger partial charge < -0.3 is 15.0 Å². The number of nitrogens with zero attached hydrogens (tertiary/aromatic N) is 1. The molecule has 2 amide bonds. The summed E-state index contributed by atoms with van der Waals surface area (Å²) < 4.78 is 5.72. The molecule has 172 valence electrons. The van der Waals surface area contributed by atoms with Gasteiger partial charge in [-0.3, -0.25) is 9.59 Å². The third-order valence-corrected chi connectivity index (χ3v) is 5.49. The molecule has 5 nitrogen and oxygen atoms in total. The van der Waals surface area contributed by atoms with E-state index in [-0.39, 0.29) is 18.4 Å². The molecule has 0 aliphatic heterocycles. The van der Waals surface area contributed by atoms with Crippen LogP contribution in [0.1, 0.15) is 23.6 Å². The first-order valence-corrected chi connectivity index (χ1v) is 11.4. The van der Waals surface area contributed by atoms with Gasteiger partial charge in [-0.15, -0.1) is 0 Å². The van der Waals surface area contributed by atoms with E-state index in [1.165, 1.54) is 0 Å². The van der Waals surface area contributed by atoms with Gasteiger partial charge in [0.15, 0.2) is 6.61 Å². The van der Waals surface area contributed by atoms with Gasteiger partial charge in [0.1, 0.15) is 11.8 Å². The van der Waals surface area contributed by atoms with E-state index in [0.717, 1.165) is 16.7 Å². The highest BCUT2D eigenvalue weighted by Gasteiger charge is 2.30. The zero-order valence-electron chi connectivity index (χ0n) is 19.0. The Morgan fingerprint density at radius 3 is 2.33 bits per heavy atom. The van der Waals surface area contributed by atoms with Crippen molar-refractivity contribution >= 4 is 23.4 Å². The van der Waals surface area contributed by atoms with Crippen molar-refractivity contribution < 1.29 is 14.3 Å². The number of nitrogens with one attached hydrogen (secondary N) is 1. The fourth-order valence-corrected chi connectivity index (χ4v) is 3.74. The number of likely N-dealkylation sites (N-methyl/N-ethyl adjacent to an activating group) is 1. The van der Waals surface area contributed by atoms with E-state index >= 15 is 0 Å². The summed E-state index contributed by atoms with van der Waals surface area (Å²) >= 11 is 5.94. The Balaban J connectivity index is 1.88. The van der Waals surface area contributed by atoms with Crippen LogP contribution in [-0.2, 0) is 22.6 Å². The van der Waals surface area contributed by atoms with Crippen LogP contribution in [0.2, 0.25) is 5.02 Å². The molecule has 0 aliphatic carbocycles. The normalized spacial score (nSPS) is 11.5. The molecule has 0 unspecified atom stereocenters. The number of carbonyl (C=O) groups is 2. The lowest BCUT2D eigenvalue weighted by molar-refractivity contribution is -0.142. The van der Waals surface area contributed by atoms with Crippen LogP contribution in [0.5, 0.6) is 5.75 Å². The maximum atomic E-state index is 13.4. The molecule has 0 aliphatic rings. The number of rotatable bonds is 10. The van der Waals surface area contributed by atoms with E-state index in [9.17, 15) is 9.59 Å². The Kier molecular flexibility index (Phi) is 8.90. The molecule has 1 N–H and O–H groups in total. The summed E-state index contributed by atoms with van der Waals surface area (Å²) in [7, 11) is 0. The lowest BCUT2D eigenvalue weighted by Crippen LogP contribution is -2.51. The average molecular weight is 465 g/mol. The minimum absolute atomic E-state index is 0.182. The number of carbonyl (C=O) groups excluding carboxylic acids is 2. The molecule has 0 heterocycles. The fourth-order valence-electron chi connectivity index (χ4n) is 3.61. The van der Waals surface area contributed by atoms with E-state index in [1.54, 1.807) is 29.2 Å². The summed E-state index contributed by atoms with van der Waals surface area (Å²) in [6, 6.07) is 23.8. The topological polar surface area (TPSA) is 58.6 Å². The Labute approximate surface area is 200 Å². The third kappa shape index (κ3) is 7.36. The smallest absolute Gasteiger partial charge is 0.261 e. The number of halogens is 1. The van der Waals surface area contributed by atoms with Crippen LogP contribution >= 0.6 is 11.6 Å². The van der Waals surface area contributed by atoms with Crippen LogP contribution in [-0.4, -0.2) is 35.9 Å². The second kappa shape index (κ2) is 12.1. The lowest BCUT2D eigenvalue weighted by atomic mass is 10.0. The molecule has 0 spiro atoms. The maximum Gasteiger partial charge on any atom is 0.261 e. The van der Waals surface area contributed by atoms with Gasteiger partial charge in [-0.1, -0.05) is 71.8 Å². The first kappa shape index (κ1) is 24.3. The van der Waals surface area contributed by atoms with E-state index in [0.29, 0.717) is 30.3 Å². The predicted octanol–water partition coefficient (Wildman–Crippen LogP) is 4.80. The summed E-state index contributed by atoms with van der Waals surface area (Å²) in [5.41, 5.74) is 3.03. The molecule has 0 saturated carbocycles. The Bertz CT molecular complexity index is 1050. The average Bonchev–Trinajstić information content (AvgIpc) is 2.81. The van der Waals surface area contributed by atoms with E-state index in [1.807, 2.05) is 68.4 Å². The van der Waals surface area contributed by atoms with E-state index < -0.39 is 6.04 Å². The second-order valence-electron chi connectivity index (χ2n) is 7.85. The highest BCUT2D eigenvalue weighted by atomic mass is 35.5. The number of hydrogen-bond acceptors (Lipinski definition) is 3. The zero-order valence-corrected chi connectivity index (χ0v) is 19.7. The van der Waals surface area contributed by atoms with Crippen molar-refractivity contribution in [3.8, 4) is 5.75 Å². The molecule has 3 rings (SSSR count). The molecular weight excluding hydrogens is 436 g/mol. The minimum atomic E-state index is -0.672. The number of aryl methyl sites for hydroxylation is 1. The van der Waals surface area contributed by atoms with Crippen LogP contribution in [0.3, 0.4) is 0 Å². The van der Waals surface area contributed by atoms with Crippen LogP contribution in [0.4, 0.5) is 0 Å². The molecule has 1 atom stereocenters. The van der Waals surface area contributed by atoms with Gasteiger partial charge in [0.25, 0.3) is 5.91 Å². The quantitative estimate of drug-likeness (QED) is 0.468. The molecule has 3 aromatic carbocycles. The zero-order chi connectivity index (χ0) is 23.6. The molecule has 0 aromatic heterocycles. The fraction of sp³-hybridized carbons (Fsp3) is 0.259. The molecule has 0 radical (unpaired) electrons. The van der Waals surface area contributed by atoms with Crippen molar-refractivity contribution in [2.45, 2.75) is 32.9 Å². The first-order valence-electron chi connectivity index (χ1n) is 11.0. The van der Waals surface area contributed by atoms with Crippen LogP contribution in [0.15, 0.2) is 78.9 Å². The molecule has 0 fully saturated rings. The summed E-state index contributed by atoms with van der Waals surface area (Å²) in [6.45, 7) is 4.48. The van der Waals surface area contributed by atoms with Crippen LogP contribution < -0.4 is 10.1 Å². The highest BCUT2D eigenvalue weighted by molar-refractivity contribution is 6.30. The van der Waals surface area contributed by atoms with Gasteiger partial charge >= 0.3 is 0 Å². The highest BCUT2D eigenvalue weighted by Crippen LogP contribution is 2.18. The van der Waals surface area contributed by atoms with Crippen LogP contribution in [0, 0.1) is 6.92 Å². The SMILES string of the molecule is CCNC(=O)[C@H](Cc1ccccc1)N(Cc1cccc(C)c1)C(=O)COc1ccc(Cl)cc1. The van der Waals surface area contributed by atoms with Gasteiger partial charge in [-0.25, -0.2) is 0 Å². The summed E-state index contributed by atoms with van der Waals surface area (Å²) in [5, 5.41) is 3.48. The molecule has 3 aromatic rings. The maximum absolute atomic E-state index is 13.4. The van der Waals surface area contributed by atoms with Crippen molar-refractivity contribution in [2.75, 3.05) is 13.2 Å². The Morgan fingerprint density at radius 2 is 1.67 bits per heavy atom. The van der Waals surface area contributed by atoms with Crippen molar-refractivity contribution in [3.05, 3.63) is 101 Å². The molecule has 33 heavy (non-hydrogen) atoms. The van der Waals surface area contributed by atoms with Gasteiger partial charge in [0.2, 0.25) is 5.91 Å². The minimum Gasteiger partial charge on any atom is -0.484 e. The number of hydrogen-bond donors (Lipinski definition) is 1. The Hall–Kier alpha value is -3.31. The Morgan fingerprint density at radius 1 is 0.970 bits per heavy atom. The third-order valence-electron chi connectivity index (χ3n) is 5.23. The van der Waals surface area contributed by atoms with Gasteiger partial charge in [-0.05, 0) is 49.2 Å². The molecule has 6 heteroatoms. The summed E-state index contributed by atoms with van der Waals surface area (Å²) in [4.78, 5) is 28.1. The number of benzene rings is 3. The van der Waals surface area contributed by atoms with Crippen LogP contribution in [0.25, 0.3) is 0 Å². The van der Waals surface area contributed by atoms with Crippen molar-refractivity contribution in [3.63, 3.8) is 0 Å². The predicted molar refractivity (Wildman–Crippen MR) is 131 cm³/mol. The van der Waals surface area contributed by atoms with Gasteiger partial charge in [-0.2, -0.15) is 0 Å². The van der Waals surface area contributed by atoms with Crippen molar-refractivity contribution in [1.82, 2.24) is 10.2 Å². The first-order chi connectivity index (χ1) is 16.0. The summed E-state index contributed by atoms with van der Waals surface area (Å²) in [6.07, 6.45) is 0.408.